The van der Waals surface area contributed by atoms with Crippen LogP contribution in [-0.4, -0.2) is 52.4 Å². The molecule has 3 amide bonds. The van der Waals surface area contributed by atoms with Crippen LogP contribution < -0.4 is 11.0 Å². The van der Waals surface area contributed by atoms with Gasteiger partial charge in [-0.25, -0.2) is 10.3 Å². The van der Waals surface area contributed by atoms with Crippen molar-refractivity contribution in [3.63, 3.8) is 0 Å². The quantitative estimate of drug-likeness (QED) is 0.366. The van der Waals surface area contributed by atoms with Crippen LogP contribution in [-0.2, 0) is 30.9 Å². The van der Waals surface area contributed by atoms with Crippen LogP contribution in [0.15, 0.2) is 12.4 Å². The number of hydroxylamine groups is 2. The van der Waals surface area contributed by atoms with Crippen molar-refractivity contribution in [2.45, 2.75) is 46.3 Å². The highest BCUT2D eigenvalue weighted by atomic mass is 32.3. The van der Waals surface area contributed by atoms with Gasteiger partial charge >= 0.3 is 16.4 Å². The first-order valence-corrected chi connectivity index (χ1v) is 9.46. The predicted octanol–water partition coefficient (Wildman–Crippen LogP) is 0.267. The lowest BCUT2D eigenvalue weighted by Gasteiger charge is -2.29. The minimum Gasteiger partial charge on any atom is -0.311 e. The van der Waals surface area contributed by atoms with E-state index in [0.717, 1.165) is 10.6 Å². The van der Waals surface area contributed by atoms with Crippen molar-refractivity contribution in [2.24, 2.45) is 0 Å². The molecule has 1 heterocycles. The zero-order chi connectivity index (χ0) is 20.4. The molecule has 3 N–H and O–H groups in total. The van der Waals surface area contributed by atoms with Gasteiger partial charge in [0.1, 0.15) is 12.6 Å². The molecule has 0 aromatic carbocycles. The van der Waals surface area contributed by atoms with Gasteiger partial charge < -0.3 is 4.90 Å². The summed E-state index contributed by atoms with van der Waals surface area (Å²) in [7, 11) is -4.86. The molecule has 13 heteroatoms. The van der Waals surface area contributed by atoms with Crippen molar-refractivity contribution in [1.29, 1.82) is 0 Å². The number of carbonyl (C=O) groups is 2. The first kappa shape index (κ1) is 22.7. The Morgan fingerprint density at radius 2 is 1.96 bits per heavy atom. The zero-order valence-electron chi connectivity index (χ0n) is 15.2. The Labute approximate surface area is 157 Å². The molecule has 0 aliphatic carbocycles. The maximum atomic E-state index is 12.4. The van der Waals surface area contributed by atoms with Gasteiger partial charge in [0, 0.05) is 12.7 Å². The Morgan fingerprint density at radius 3 is 2.48 bits per heavy atom. The van der Waals surface area contributed by atoms with Gasteiger partial charge in [0.05, 0.1) is 17.6 Å². The van der Waals surface area contributed by atoms with Crippen molar-refractivity contribution in [3.05, 3.63) is 23.8 Å². The molecule has 0 radical (unpaired) electrons. The van der Waals surface area contributed by atoms with Gasteiger partial charge in [-0.05, 0) is 20.3 Å². The molecule has 0 fully saturated rings. The third-order valence-corrected chi connectivity index (χ3v) is 3.60. The summed E-state index contributed by atoms with van der Waals surface area (Å²) in [6.07, 6.45) is 3.90. The van der Waals surface area contributed by atoms with Crippen LogP contribution in [0.4, 0.5) is 4.79 Å². The zero-order valence-corrected chi connectivity index (χ0v) is 16.0. The highest BCUT2D eigenvalue weighted by Crippen LogP contribution is 2.09. The van der Waals surface area contributed by atoms with Gasteiger partial charge in [-0.3, -0.25) is 24.2 Å². The van der Waals surface area contributed by atoms with Crippen LogP contribution in [0.1, 0.15) is 38.1 Å². The summed E-state index contributed by atoms with van der Waals surface area (Å²) in [5.41, 5.74) is 5.04. The Balaban J connectivity index is 2.67. The molecule has 0 saturated carbocycles. The number of likely N-dealkylation sites (N-methyl/N-ethyl adjacent to an activating group) is 1. The van der Waals surface area contributed by atoms with Crippen LogP contribution >= 0.6 is 0 Å². The van der Waals surface area contributed by atoms with Crippen LogP contribution in [0.3, 0.4) is 0 Å². The Morgan fingerprint density at radius 1 is 1.26 bits per heavy atom. The monoisotopic (exact) mass is 405 g/mol. The number of hydrogen-bond acceptors (Lipinski definition) is 8. The standard InChI is InChI=1S/C14H23N5O7S/c1-4-6-12(19(5-2)14(21)18-26-27(22,23)24)13(20)17-25-9-11-8-15-10(3)7-16-11/h7-8,12H,4-6,9H2,1-3H3,(H,17,20)(H,18,21)(H,22,23,24)/t12-/m0/s1. The number of aryl methyl sites for hydroxylation is 1. The van der Waals surface area contributed by atoms with E-state index in [0.29, 0.717) is 12.1 Å². The number of rotatable bonds is 10. The summed E-state index contributed by atoms with van der Waals surface area (Å²) in [5.74, 6) is -0.610. The second-order valence-corrected chi connectivity index (χ2v) is 6.44. The van der Waals surface area contributed by atoms with E-state index in [2.05, 4.69) is 19.7 Å². The largest absolute Gasteiger partial charge is 0.418 e. The van der Waals surface area contributed by atoms with Gasteiger partial charge in [0.2, 0.25) is 0 Å². The Kier molecular flexibility index (Phi) is 9.00. The lowest BCUT2D eigenvalue weighted by atomic mass is 10.1. The minimum atomic E-state index is -4.86. The maximum absolute atomic E-state index is 12.4. The fourth-order valence-electron chi connectivity index (χ4n) is 2.10. The fraction of sp³-hybridized carbons (Fsp3) is 0.571. The SMILES string of the molecule is CCC[C@@H](C(=O)NOCc1cnc(C)cn1)N(CC)C(=O)NOS(=O)(=O)O. The summed E-state index contributed by atoms with van der Waals surface area (Å²) in [4.78, 5) is 38.7. The smallest absolute Gasteiger partial charge is 0.311 e. The van der Waals surface area contributed by atoms with E-state index >= 15 is 0 Å². The molecule has 12 nitrogen and oxygen atoms in total. The van der Waals surface area contributed by atoms with Crippen molar-refractivity contribution in [2.75, 3.05) is 6.54 Å². The summed E-state index contributed by atoms with van der Waals surface area (Å²) in [6.45, 7) is 5.23. The van der Waals surface area contributed by atoms with Gasteiger partial charge in [0.25, 0.3) is 5.91 Å². The van der Waals surface area contributed by atoms with Gasteiger partial charge in [-0.2, -0.15) is 13.9 Å². The number of aromatic nitrogens is 2. The number of urea groups is 1. The predicted molar refractivity (Wildman–Crippen MR) is 91.9 cm³/mol. The minimum absolute atomic E-state index is 0.0257. The second-order valence-electron chi connectivity index (χ2n) is 5.41. The van der Waals surface area contributed by atoms with Crippen LogP contribution in [0.25, 0.3) is 0 Å². The third kappa shape index (κ3) is 8.25. The normalized spacial score (nSPS) is 12.3. The van der Waals surface area contributed by atoms with Crippen molar-refractivity contribution in [3.8, 4) is 0 Å². The fourth-order valence-corrected chi connectivity index (χ4v) is 2.27. The topological polar surface area (TPSA) is 160 Å². The molecule has 0 aliphatic rings. The van der Waals surface area contributed by atoms with E-state index in [9.17, 15) is 18.0 Å². The molecule has 0 bridgehead atoms. The molecule has 0 aliphatic heterocycles. The number of carbonyl (C=O) groups excluding carboxylic acids is 2. The maximum Gasteiger partial charge on any atom is 0.418 e. The van der Waals surface area contributed by atoms with Gasteiger partial charge in [-0.1, -0.05) is 13.3 Å². The molecule has 1 atom stereocenters. The number of hydrogen-bond donors (Lipinski definition) is 3. The molecule has 1 aromatic rings. The molecular weight excluding hydrogens is 382 g/mol. The lowest BCUT2D eigenvalue weighted by Crippen LogP contribution is -2.52. The molecular formula is C14H23N5O7S. The highest BCUT2D eigenvalue weighted by Gasteiger charge is 2.29. The Hall–Kier alpha value is -2.35. The van der Waals surface area contributed by atoms with Crippen LogP contribution in [0.5, 0.6) is 0 Å². The van der Waals surface area contributed by atoms with E-state index < -0.39 is 28.4 Å². The summed E-state index contributed by atoms with van der Waals surface area (Å²) >= 11 is 0. The summed E-state index contributed by atoms with van der Waals surface area (Å²) in [5, 5.41) is 0. The van der Waals surface area contributed by atoms with E-state index in [-0.39, 0.29) is 19.6 Å². The van der Waals surface area contributed by atoms with E-state index in [1.165, 1.54) is 6.20 Å². The average Bonchev–Trinajstić information content (AvgIpc) is 2.60. The molecule has 0 unspecified atom stereocenters. The third-order valence-electron chi connectivity index (χ3n) is 3.30. The first-order chi connectivity index (χ1) is 12.7. The summed E-state index contributed by atoms with van der Waals surface area (Å²) in [6, 6.07) is -1.96. The Bertz CT molecular complexity index is 726. The number of amides is 3. The van der Waals surface area contributed by atoms with Gasteiger partial charge in [0.15, 0.2) is 0 Å². The van der Waals surface area contributed by atoms with Crippen LogP contribution in [0, 0.1) is 6.92 Å². The second kappa shape index (κ2) is 10.7. The first-order valence-electron chi connectivity index (χ1n) is 8.09. The number of nitrogens with one attached hydrogen (secondary N) is 2. The molecule has 0 saturated heterocycles. The van der Waals surface area contributed by atoms with Crippen LogP contribution in [0.2, 0.25) is 0 Å². The molecule has 27 heavy (non-hydrogen) atoms. The molecule has 0 spiro atoms. The van der Waals surface area contributed by atoms with E-state index in [1.807, 2.05) is 6.92 Å². The lowest BCUT2D eigenvalue weighted by molar-refractivity contribution is -0.139. The highest BCUT2D eigenvalue weighted by molar-refractivity contribution is 7.80. The molecule has 1 rings (SSSR count). The van der Waals surface area contributed by atoms with Crippen molar-refractivity contribution in [1.82, 2.24) is 25.8 Å². The van der Waals surface area contributed by atoms with E-state index in [4.69, 9.17) is 9.39 Å². The number of nitrogens with zero attached hydrogens (tertiary/aromatic N) is 3. The van der Waals surface area contributed by atoms with E-state index in [1.54, 1.807) is 25.5 Å². The van der Waals surface area contributed by atoms with Crippen molar-refractivity contribution < 1.29 is 31.7 Å². The van der Waals surface area contributed by atoms with Gasteiger partial charge in [-0.15, -0.1) is 4.28 Å². The summed E-state index contributed by atoms with van der Waals surface area (Å²) < 4.78 is 33.5. The molecule has 152 valence electrons. The van der Waals surface area contributed by atoms with Crippen molar-refractivity contribution >= 4 is 22.3 Å². The molecule has 1 aromatic heterocycles. The average molecular weight is 405 g/mol.